The zero-order chi connectivity index (χ0) is 85.8. The molecule has 644 valence electrons. The molecule has 0 radical (unpaired) electrons. The van der Waals surface area contributed by atoms with E-state index in [-0.39, 0.29) is 260 Å². The molecule has 0 saturated heterocycles. The Kier molecular flexibility index (Phi) is 40.5. The van der Waals surface area contributed by atoms with Gasteiger partial charge in [0.1, 0.15) is 71.0 Å². The minimum atomic E-state index is -1.23. The number of aliphatic carboxylic acids is 6. The summed E-state index contributed by atoms with van der Waals surface area (Å²) in [5.41, 5.74) is 2.28. The SMILES string of the molecule is CCOc1c(CCCOCCOCCNc2nc(NCCCc3cc4nc(c3)CN(C(CCC(C)=O)C(=O)O)CCN(C(CCC(C)=O)C(=O)O)CCN(C(CCC(C)=O)C(=O)O)C4)nc(NCCCc3cc4nc(c3)CN(C(CCC(C)=O)C(=O)O)CCN(C(CCC(C)=O)C(=O)O)CCN(C(CCC(C)=O)C(=O)O)C4)n2)c(=O)c1=O. The number of pyridine rings is 2. The van der Waals surface area contributed by atoms with Crippen LogP contribution in [-0.2, 0) is 112 Å². The van der Waals surface area contributed by atoms with E-state index in [9.17, 15) is 97.8 Å². The van der Waals surface area contributed by atoms with Gasteiger partial charge >= 0.3 is 35.8 Å². The lowest BCUT2D eigenvalue weighted by molar-refractivity contribution is -0.147. The molecule has 2 aliphatic heterocycles. The number of carbonyl (C=O) groups excluding carboxylic acids is 6. The second-order valence-corrected chi connectivity index (χ2v) is 30.0. The number of fused-ring (bicyclic) bond motifs is 4. The average molecular weight is 1640 g/mol. The Morgan fingerprint density at radius 1 is 0.359 bits per heavy atom. The summed E-state index contributed by atoms with van der Waals surface area (Å²) in [4.78, 5) is 210. The molecule has 0 aliphatic carbocycles. The van der Waals surface area contributed by atoms with Crippen molar-refractivity contribution in [1.82, 2.24) is 54.3 Å². The van der Waals surface area contributed by atoms with E-state index in [1.807, 2.05) is 0 Å². The number of nitrogens with zero attached hydrogens (tertiary/aromatic N) is 11. The number of aryl methyl sites for hydroxylation is 2. The summed E-state index contributed by atoms with van der Waals surface area (Å²) in [5.74, 6) is -8.21. The molecular formula is C80H116N14O23. The number of anilines is 3. The highest BCUT2D eigenvalue weighted by Crippen LogP contribution is 2.26. The van der Waals surface area contributed by atoms with Crippen LogP contribution in [0.5, 0.6) is 5.75 Å². The highest BCUT2D eigenvalue weighted by Gasteiger charge is 2.37. The Bertz CT molecular complexity index is 3770. The Labute approximate surface area is 679 Å². The maximum atomic E-state index is 13.2. The molecule has 3 aromatic heterocycles. The zero-order valence-corrected chi connectivity index (χ0v) is 68.2. The van der Waals surface area contributed by atoms with Crippen LogP contribution in [0.15, 0.2) is 33.9 Å². The fraction of sp³-hybridized carbons (Fsp3) is 0.637. The summed E-state index contributed by atoms with van der Waals surface area (Å²) < 4.78 is 16.9. The first-order valence-electron chi connectivity index (χ1n) is 40.0. The molecule has 0 amide bonds. The van der Waals surface area contributed by atoms with E-state index in [1.165, 1.54) is 41.5 Å². The Morgan fingerprint density at radius 2 is 0.632 bits per heavy atom. The van der Waals surface area contributed by atoms with Gasteiger partial charge in [0.25, 0.3) is 5.43 Å². The number of carboxylic acids is 6. The van der Waals surface area contributed by atoms with Gasteiger partial charge in [0, 0.05) is 143 Å². The summed E-state index contributed by atoms with van der Waals surface area (Å²) in [6.07, 6.45) is 1.57. The lowest BCUT2D eigenvalue weighted by atomic mass is 10.0. The smallest absolute Gasteiger partial charge is 0.320 e. The van der Waals surface area contributed by atoms with Crippen LogP contribution < -0.4 is 31.5 Å². The summed E-state index contributed by atoms with van der Waals surface area (Å²) in [5, 5.41) is 73.8. The normalized spacial score (nSPS) is 16.1. The molecule has 5 heterocycles. The van der Waals surface area contributed by atoms with Crippen molar-refractivity contribution in [2.75, 3.05) is 121 Å². The number of nitrogens with one attached hydrogen (secondary N) is 3. The van der Waals surface area contributed by atoms with Gasteiger partial charge in [0.05, 0.1) is 54.8 Å². The average Bonchev–Trinajstić information content (AvgIpc) is 0.783. The van der Waals surface area contributed by atoms with E-state index in [4.69, 9.17) is 29.2 Å². The minimum Gasteiger partial charge on any atom is -0.489 e. The van der Waals surface area contributed by atoms with Crippen molar-refractivity contribution in [3.05, 3.63) is 84.2 Å². The van der Waals surface area contributed by atoms with Crippen LogP contribution in [0.2, 0.25) is 0 Å². The lowest BCUT2D eigenvalue weighted by Crippen LogP contribution is -2.52. The van der Waals surface area contributed by atoms with Crippen molar-refractivity contribution in [3.63, 3.8) is 0 Å². The number of carbonyl (C=O) groups is 12. The molecule has 6 unspecified atom stereocenters. The molecule has 0 fully saturated rings. The summed E-state index contributed by atoms with van der Waals surface area (Å²) in [6.45, 7) is 11.2. The number of carboxylic acid groups (broad SMARTS) is 6. The molecule has 9 N–H and O–H groups in total. The van der Waals surface area contributed by atoms with E-state index in [2.05, 4.69) is 25.9 Å². The van der Waals surface area contributed by atoms with E-state index in [0.717, 1.165) is 11.1 Å². The largest absolute Gasteiger partial charge is 0.489 e. The second kappa shape index (κ2) is 49.4. The van der Waals surface area contributed by atoms with Crippen LogP contribution >= 0.6 is 0 Å². The Hall–Kier alpha value is -9.89. The fourth-order valence-electron chi connectivity index (χ4n) is 14.4. The third-order valence-corrected chi connectivity index (χ3v) is 20.5. The standard InChI is InChI=1S/C80H116N14O23/c1-8-117-71-62(69(101)70(71)102)14-11-38-115-40-41-116-39-29-83-80-87-78(81-27-9-12-56-42-58-46-91(65(74(107)108)23-17-52(4)97)34-30-89(63(72(103)104)21-15-50(2)95)31-35-92(47-59(43-56)84-58)66(75(109)110)24-18-53(5)98)86-79(88-80)82-28-10-13-57-44-60-48-93(67(76(111)112)25-19-54(6)99)36-32-90(64(73(105)106)22-16-51(3)96)33-37-94(49-61(45-57)85-60)68(77(113)114)26-20-55(7)100/h42-45,63-68H,8-41,46-49H2,1-7H3,(H,103,104)(H,105,106)(H,107,108)(H,109,110)(H,111,112)(H,113,114)(H3,81,82,83,86,87,88). The third kappa shape index (κ3) is 33.2. The van der Waals surface area contributed by atoms with Gasteiger partial charge in [-0.2, -0.15) is 15.0 Å². The molecule has 37 nitrogen and oxygen atoms in total. The summed E-state index contributed by atoms with van der Waals surface area (Å²) >= 11 is 0. The fourth-order valence-corrected chi connectivity index (χ4v) is 14.4. The maximum Gasteiger partial charge on any atom is 0.320 e. The quantitative estimate of drug-likeness (QED) is 0.0225. The van der Waals surface area contributed by atoms with Gasteiger partial charge in [0.2, 0.25) is 23.3 Å². The van der Waals surface area contributed by atoms with Crippen molar-refractivity contribution in [1.29, 1.82) is 0 Å². The molecule has 0 spiro atoms. The number of aromatic nitrogens is 5. The molecule has 0 saturated carbocycles. The molecular weight excluding hydrogens is 1520 g/mol. The van der Waals surface area contributed by atoms with Gasteiger partial charge < -0.3 is 89.6 Å². The predicted octanol–water partition coefficient (Wildman–Crippen LogP) is 3.60. The van der Waals surface area contributed by atoms with Crippen LogP contribution in [0.3, 0.4) is 0 Å². The number of Topliss-reactive ketones (excluding diaryl/α,β-unsaturated/α-hetero) is 6. The monoisotopic (exact) mass is 1640 g/mol. The van der Waals surface area contributed by atoms with Crippen LogP contribution in [0, 0.1) is 0 Å². The van der Waals surface area contributed by atoms with Crippen molar-refractivity contribution in [3.8, 4) is 5.75 Å². The number of ketones is 6. The highest BCUT2D eigenvalue weighted by molar-refractivity contribution is 5.82. The predicted molar refractivity (Wildman–Crippen MR) is 426 cm³/mol. The third-order valence-electron chi connectivity index (χ3n) is 20.5. The number of rotatable bonds is 53. The molecule has 4 aromatic rings. The molecule has 6 rings (SSSR count). The van der Waals surface area contributed by atoms with Crippen LogP contribution in [-0.4, -0.2) is 297 Å². The number of ether oxygens (including phenoxy) is 3. The van der Waals surface area contributed by atoms with Crippen LogP contribution in [0.4, 0.5) is 17.8 Å². The Balaban J connectivity index is 1.29. The number of hydrogen-bond donors (Lipinski definition) is 9. The van der Waals surface area contributed by atoms with E-state index in [0.29, 0.717) is 73.5 Å². The molecule has 6 atom stereocenters. The zero-order valence-electron chi connectivity index (χ0n) is 68.2. The van der Waals surface area contributed by atoms with E-state index >= 15 is 0 Å². The summed E-state index contributed by atoms with van der Waals surface area (Å²) in [6, 6.07) is -0.0813. The lowest BCUT2D eigenvalue weighted by Gasteiger charge is -2.37. The molecule has 4 bridgehead atoms. The van der Waals surface area contributed by atoms with Crippen molar-refractivity contribution < 1.29 is 102 Å². The van der Waals surface area contributed by atoms with Crippen LogP contribution in [0.1, 0.15) is 184 Å². The van der Waals surface area contributed by atoms with Gasteiger partial charge in [-0.15, -0.1) is 0 Å². The van der Waals surface area contributed by atoms with Crippen molar-refractivity contribution in [2.24, 2.45) is 0 Å². The molecule has 1 aromatic carbocycles. The first kappa shape index (κ1) is 96.0. The topological polar surface area (TPSA) is 508 Å². The van der Waals surface area contributed by atoms with Gasteiger partial charge in [-0.05, 0) is 161 Å². The summed E-state index contributed by atoms with van der Waals surface area (Å²) in [7, 11) is 0. The van der Waals surface area contributed by atoms with Crippen LogP contribution in [0.25, 0.3) is 0 Å². The second-order valence-electron chi connectivity index (χ2n) is 30.0. The van der Waals surface area contributed by atoms with Crippen molar-refractivity contribution in [2.45, 2.75) is 226 Å². The minimum absolute atomic E-state index is 0.0316. The van der Waals surface area contributed by atoms with Gasteiger partial charge in [0.15, 0.2) is 5.75 Å². The van der Waals surface area contributed by atoms with Gasteiger partial charge in [-0.25, -0.2) is 0 Å². The molecule has 2 aliphatic rings. The first-order valence-corrected chi connectivity index (χ1v) is 40.0. The Morgan fingerprint density at radius 3 is 0.915 bits per heavy atom. The molecule has 117 heavy (non-hydrogen) atoms. The van der Waals surface area contributed by atoms with E-state index in [1.54, 1.807) is 60.6 Å². The van der Waals surface area contributed by atoms with E-state index < -0.39 is 82.9 Å². The maximum absolute atomic E-state index is 13.2. The first-order chi connectivity index (χ1) is 55.7. The van der Waals surface area contributed by atoms with Crippen molar-refractivity contribution >= 4 is 88.4 Å². The highest BCUT2D eigenvalue weighted by atomic mass is 16.5. The van der Waals surface area contributed by atoms with Gasteiger partial charge in [-0.1, -0.05) is 0 Å². The number of hydrogen-bond acceptors (Lipinski definition) is 31. The van der Waals surface area contributed by atoms with Gasteiger partial charge in [-0.3, -0.25) is 77.7 Å². The molecule has 37 heteroatoms.